The number of alkyl halides is 2. The number of hydrogen-bond donors (Lipinski definition) is 1. The standard InChI is InChI=1S/C22H20F2N4O6S/c1-28-18(12-4-7-14(8-5-12)34-21(23)24)26-27-22(28)35-11-17(29)25-16-10-13(19(30)32-2)6-9-15(16)20(31)33-3/h4-10,21H,11H2,1-3H3,(H,25,29). The average Bonchev–Trinajstić information content (AvgIpc) is 3.21. The van der Waals surface area contributed by atoms with Crippen LogP contribution in [0.3, 0.4) is 0 Å². The number of esters is 2. The summed E-state index contributed by atoms with van der Waals surface area (Å²) in [4.78, 5) is 36.4. The molecule has 0 bridgehead atoms. The molecule has 13 heteroatoms. The Morgan fingerprint density at radius 2 is 1.71 bits per heavy atom. The van der Waals surface area contributed by atoms with E-state index in [9.17, 15) is 23.2 Å². The van der Waals surface area contributed by atoms with Gasteiger partial charge < -0.3 is 24.1 Å². The van der Waals surface area contributed by atoms with E-state index in [1.807, 2.05) is 0 Å². The van der Waals surface area contributed by atoms with E-state index < -0.39 is 24.5 Å². The number of aromatic nitrogens is 3. The van der Waals surface area contributed by atoms with Crippen LogP contribution in [-0.4, -0.2) is 59.2 Å². The number of anilines is 1. The SMILES string of the molecule is COC(=O)c1ccc(C(=O)OC)c(NC(=O)CSc2nnc(-c3ccc(OC(F)F)cc3)n2C)c1. The number of ether oxygens (including phenoxy) is 3. The van der Waals surface area contributed by atoms with E-state index in [0.29, 0.717) is 16.5 Å². The molecule has 3 aromatic rings. The molecule has 1 N–H and O–H groups in total. The van der Waals surface area contributed by atoms with E-state index in [1.165, 1.54) is 44.6 Å². The summed E-state index contributed by atoms with van der Waals surface area (Å²) < 4.78 is 40.0. The number of nitrogens with one attached hydrogen (secondary N) is 1. The van der Waals surface area contributed by atoms with Gasteiger partial charge in [-0.05, 0) is 42.5 Å². The van der Waals surface area contributed by atoms with Crippen LogP contribution in [0.5, 0.6) is 5.75 Å². The number of amides is 1. The van der Waals surface area contributed by atoms with Crippen molar-refractivity contribution in [1.29, 1.82) is 0 Å². The summed E-state index contributed by atoms with van der Waals surface area (Å²) in [5.74, 6) is -1.41. The van der Waals surface area contributed by atoms with Gasteiger partial charge in [0.1, 0.15) is 5.75 Å². The van der Waals surface area contributed by atoms with Gasteiger partial charge in [-0.3, -0.25) is 4.79 Å². The summed E-state index contributed by atoms with van der Waals surface area (Å²) in [7, 11) is 4.10. The molecule has 2 aromatic carbocycles. The first-order valence-electron chi connectivity index (χ1n) is 9.91. The number of nitrogens with zero attached hydrogens (tertiary/aromatic N) is 3. The first-order chi connectivity index (χ1) is 16.7. The molecule has 0 radical (unpaired) electrons. The molecule has 0 spiro atoms. The molecule has 0 saturated carbocycles. The quantitative estimate of drug-likeness (QED) is 0.344. The lowest BCUT2D eigenvalue weighted by molar-refractivity contribution is -0.113. The molecule has 0 saturated heterocycles. The molecular formula is C22H20F2N4O6S. The van der Waals surface area contributed by atoms with Crippen molar-refractivity contribution in [2.75, 3.05) is 25.3 Å². The fourth-order valence-electron chi connectivity index (χ4n) is 2.97. The zero-order valence-electron chi connectivity index (χ0n) is 18.8. The van der Waals surface area contributed by atoms with E-state index >= 15 is 0 Å². The largest absolute Gasteiger partial charge is 0.465 e. The molecule has 1 amide bonds. The number of carbonyl (C=O) groups excluding carboxylic acids is 3. The molecule has 184 valence electrons. The third kappa shape index (κ3) is 6.32. The van der Waals surface area contributed by atoms with Gasteiger partial charge in [-0.25, -0.2) is 9.59 Å². The molecule has 10 nitrogen and oxygen atoms in total. The Morgan fingerprint density at radius 3 is 2.34 bits per heavy atom. The van der Waals surface area contributed by atoms with E-state index in [4.69, 9.17) is 4.74 Å². The van der Waals surface area contributed by atoms with E-state index in [0.717, 1.165) is 11.8 Å². The minimum absolute atomic E-state index is 0.0137. The second-order valence-corrected chi connectivity index (χ2v) is 7.79. The van der Waals surface area contributed by atoms with E-state index in [-0.39, 0.29) is 28.3 Å². The Kier molecular flexibility index (Phi) is 8.36. The fraction of sp³-hybridized carbons (Fsp3) is 0.227. The summed E-state index contributed by atoms with van der Waals surface area (Å²) in [5.41, 5.74) is 0.917. The predicted octanol–water partition coefficient (Wildman–Crippen LogP) is 3.39. The second-order valence-electron chi connectivity index (χ2n) is 6.85. The van der Waals surface area contributed by atoms with Crippen LogP contribution >= 0.6 is 11.8 Å². The summed E-state index contributed by atoms with van der Waals surface area (Å²) in [6.45, 7) is -2.92. The Hall–Kier alpha value is -4.00. The maximum Gasteiger partial charge on any atom is 0.387 e. The van der Waals surface area contributed by atoms with Gasteiger partial charge in [0.15, 0.2) is 11.0 Å². The maximum atomic E-state index is 12.6. The number of hydrogen-bond acceptors (Lipinski definition) is 9. The molecule has 0 aliphatic rings. The highest BCUT2D eigenvalue weighted by Crippen LogP contribution is 2.26. The topological polar surface area (TPSA) is 122 Å². The van der Waals surface area contributed by atoms with Crippen LogP contribution in [0.25, 0.3) is 11.4 Å². The number of rotatable bonds is 9. The van der Waals surface area contributed by atoms with Crippen molar-refractivity contribution >= 4 is 35.3 Å². The molecule has 0 fully saturated rings. The molecule has 0 unspecified atom stereocenters. The summed E-state index contributed by atoms with van der Waals surface area (Å²) in [5, 5.41) is 11.2. The Bertz CT molecular complexity index is 1230. The van der Waals surface area contributed by atoms with Crippen molar-refractivity contribution < 1.29 is 37.4 Å². The fourth-order valence-corrected chi connectivity index (χ4v) is 3.69. The van der Waals surface area contributed by atoms with Crippen LogP contribution < -0.4 is 10.1 Å². The summed E-state index contributed by atoms with van der Waals surface area (Å²) in [6.07, 6.45) is 0. The normalized spacial score (nSPS) is 10.7. The van der Waals surface area contributed by atoms with Gasteiger partial charge in [0.2, 0.25) is 5.91 Å². The highest BCUT2D eigenvalue weighted by molar-refractivity contribution is 7.99. The first kappa shape index (κ1) is 25.6. The molecule has 1 heterocycles. The molecule has 1 aromatic heterocycles. The number of thioether (sulfide) groups is 1. The maximum absolute atomic E-state index is 12.6. The van der Waals surface area contributed by atoms with E-state index in [1.54, 1.807) is 23.7 Å². The van der Waals surface area contributed by atoms with Crippen LogP contribution in [-0.2, 0) is 21.3 Å². The van der Waals surface area contributed by atoms with Crippen molar-refractivity contribution in [1.82, 2.24) is 14.8 Å². The van der Waals surface area contributed by atoms with Gasteiger partial charge in [0, 0.05) is 12.6 Å². The van der Waals surface area contributed by atoms with Crippen molar-refractivity contribution in [3.05, 3.63) is 53.6 Å². The number of halogens is 2. The zero-order chi connectivity index (χ0) is 25.5. The average molecular weight is 506 g/mol. The van der Waals surface area contributed by atoms with Crippen molar-refractivity contribution in [2.45, 2.75) is 11.8 Å². The van der Waals surface area contributed by atoms with Gasteiger partial charge in [0.05, 0.1) is 36.8 Å². The van der Waals surface area contributed by atoms with Gasteiger partial charge >= 0.3 is 18.6 Å². The third-order valence-electron chi connectivity index (χ3n) is 4.63. The molecular weight excluding hydrogens is 486 g/mol. The number of benzene rings is 2. The van der Waals surface area contributed by atoms with E-state index in [2.05, 4.69) is 25.0 Å². The van der Waals surface area contributed by atoms with Gasteiger partial charge in [-0.1, -0.05) is 11.8 Å². The molecule has 0 atom stereocenters. The van der Waals surface area contributed by atoms with Crippen molar-refractivity contribution in [3.63, 3.8) is 0 Å². The summed E-state index contributed by atoms with van der Waals surface area (Å²) >= 11 is 1.08. The van der Waals surface area contributed by atoms with Gasteiger partial charge in [-0.2, -0.15) is 8.78 Å². The molecule has 3 rings (SSSR count). The Morgan fingerprint density at radius 1 is 1.03 bits per heavy atom. The first-order valence-corrected chi connectivity index (χ1v) is 10.9. The Labute approximate surface area is 202 Å². The number of carbonyl (C=O) groups is 3. The van der Waals surface area contributed by atoms with Crippen LogP contribution in [0.15, 0.2) is 47.6 Å². The molecule has 0 aliphatic heterocycles. The van der Waals surface area contributed by atoms with Crippen molar-refractivity contribution in [3.8, 4) is 17.1 Å². The van der Waals surface area contributed by atoms with Crippen molar-refractivity contribution in [2.24, 2.45) is 7.05 Å². The van der Waals surface area contributed by atoms with Gasteiger partial charge in [-0.15, -0.1) is 10.2 Å². The van der Waals surface area contributed by atoms with Gasteiger partial charge in [0.25, 0.3) is 0 Å². The lowest BCUT2D eigenvalue weighted by Gasteiger charge is -2.11. The smallest absolute Gasteiger partial charge is 0.387 e. The minimum atomic E-state index is -2.92. The van der Waals surface area contributed by atoms with Crippen LogP contribution in [0, 0.1) is 0 Å². The third-order valence-corrected chi connectivity index (χ3v) is 5.65. The lowest BCUT2D eigenvalue weighted by Crippen LogP contribution is -2.18. The van der Waals surface area contributed by atoms with Crippen LogP contribution in [0.1, 0.15) is 20.7 Å². The number of methoxy groups -OCH3 is 2. The second kappa shape index (κ2) is 11.4. The van der Waals surface area contributed by atoms with Crippen LogP contribution in [0.2, 0.25) is 0 Å². The highest BCUT2D eigenvalue weighted by Gasteiger charge is 2.19. The molecule has 35 heavy (non-hydrogen) atoms. The highest BCUT2D eigenvalue weighted by atomic mass is 32.2. The molecule has 0 aliphatic carbocycles. The summed E-state index contributed by atoms with van der Waals surface area (Å²) in [6, 6.07) is 9.96. The monoisotopic (exact) mass is 506 g/mol. The lowest BCUT2D eigenvalue weighted by atomic mass is 10.1. The Balaban J connectivity index is 1.70. The zero-order valence-corrected chi connectivity index (χ0v) is 19.6. The van der Waals surface area contributed by atoms with Crippen LogP contribution in [0.4, 0.5) is 14.5 Å². The minimum Gasteiger partial charge on any atom is -0.465 e. The predicted molar refractivity (Wildman–Crippen MR) is 122 cm³/mol.